The third-order valence-corrected chi connectivity index (χ3v) is 8.45. The topological polar surface area (TPSA) is 60.9 Å². The summed E-state index contributed by atoms with van der Waals surface area (Å²) < 4.78 is 13.2. The lowest BCUT2D eigenvalue weighted by Gasteiger charge is -2.35. The van der Waals surface area contributed by atoms with Crippen LogP contribution in [-0.4, -0.2) is 66.7 Å². The summed E-state index contributed by atoms with van der Waals surface area (Å²) in [6.07, 6.45) is 3.59. The van der Waals surface area contributed by atoms with Crippen LogP contribution in [-0.2, 0) is 9.59 Å². The molecule has 2 aromatic rings. The van der Waals surface area contributed by atoms with Gasteiger partial charge in [-0.15, -0.1) is 0 Å². The zero-order chi connectivity index (χ0) is 27.2. The average Bonchev–Trinajstić information content (AvgIpc) is 2.93. The van der Waals surface area contributed by atoms with Crippen LogP contribution >= 0.6 is 23.2 Å². The molecule has 0 aliphatic carbocycles. The molecule has 38 heavy (non-hydrogen) atoms. The molecule has 9 heteroatoms. The van der Waals surface area contributed by atoms with Crippen molar-refractivity contribution < 1.29 is 18.8 Å². The second-order valence-corrected chi connectivity index (χ2v) is 11.0. The molecule has 0 spiro atoms. The van der Waals surface area contributed by atoms with Crippen LogP contribution in [0.4, 0.5) is 10.1 Å². The summed E-state index contributed by atoms with van der Waals surface area (Å²) in [4.78, 5) is 44.0. The van der Waals surface area contributed by atoms with Crippen molar-refractivity contribution in [1.82, 2.24) is 9.80 Å². The summed E-state index contributed by atoms with van der Waals surface area (Å²) in [6.45, 7) is 5.71. The standard InChI is InChI=1S/C29H34Cl2FN3O3/c1-20(36)34-17-11-23(12-18-34)29(38)35(25-7-8-26(30)27(31)19-25)14-2-13-33-15-9-22(10-16-33)28(37)21-3-5-24(32)6-4-21/h3-8,19,22-23H,2,9-18H2,1H3. The number of hydrogen-bond donors (Lipinski definition) is 0. The van der Waals surface area contributed by atoms with Crippen molar-refractivity contribution in [3.05, 3.63) is 63.9 Å². The van der Waals surface area contributed by atoms with Crippen molar-refractivity contribution in [2.24, 2.45) is 11.8 Å². The number of Topliss-reactive ketones (excluding diaryl/α,β-unsaturated/α-hetero) is 1. The number of nitrogens with zero attached hydrogens (tertiary/aromatic N) is 3. The predicted octanol–water partition coefficient (Wildman–Crippen LogP) is 5.71. The van der Waals surface area contributed by atoms with Crippen LogP contribution in [0.15, 0.2) is 42.5 Å². The Morgan fingerprint density at radius 3 is 2.13 bits per heavy atom. The van der Waals surface area contributed by atoms with Crippen LogP contribution in [0, 0.1) is 17.7 Å². The number of likely N-dealkylation sites (tertiary alicyclic amines) is 2. The Bertz CT molecular complexity index is 1140. The molecule has 0 saturated carbocycles. The van der Waals surface area contributed by atoms with E-state index in [0.717, 1.165) is 44.6 Å². The van der Waals surface area contributed by atoms with E-state index in [1.807, 2.05) is 6.07 Å². The minimum atomic E-state index is -0.341. The Hall–Kier alpha value is -2.48. The number of piperidine rings is 2. The van der Waals surface area contributed by atoms with Crippen LogP contribution in [0.5, 0.6) is 0 Å². The van der Waals surface area contributed by atoms with Gasteiger partial charge in [0.15, 0.2) is 5.78 Å². The molecule has 0 radical (unpaired) electrons. The fourth-order valence-electron chi connectivity index (χ4n) is 5.40. The molecule has 0 N–H and O–H groups in total. The number of carbonyl (C=O) groups is 3. The highest BCUT2D eigenvalue weighted by atomic mass is 35.5. The van der Waals surface area contributed by atoms with Gasteiger partial charge in [-0.05, 0) is 94.2 Å². The summed E-state index contributed by atoms with van der Waals surface area (Å²) in [6, 6.07) is 11.0. The second-order valence-electron chi connectivity index (χ2n) is 10.2. The third kappa shape index (κ3) is 7.13. The first-order chi connectivity index (χ1) is 18.2. The third-order valence-electron chi connectivity index (χ3n) is 7.71. The van der Waals surface area contributed by atoms with Gasteiger partial charge in [0, 0.05) is 49.6 Å². The van der Waals surface area contributed by atoms with Crippen molar-refractivity contribution in [3.8, 4) is 0 Å². The van der Waals surface area contributed by atoms with Crippen molar-refractivity contribution in [1.29, 1.82) is 0 Å². The van der Waals surface area contributed by atoms with E-state index in [4.69, 9.17) is 23.2 Å². The predicted molar refractivity (Wildman–Crippen MR) is 148 cm³/mol. The van der Waals surface area contributed by atoms with Crippen LogP contribution in [0.25, 0.3) is 0 Å². The minimum absolute atomic E-state index is 0.0420. The molecule has 2 amide bonds. The normalized spacial score (nSPS) is 17.4. The molecule has 2 saturated heterocycles. The largest absolute Gasteiger partial charge is 0.343 e. The average molecular weight is 563 g/mol. The maximum atomic E-state index is 13.6. The lowest BCUT2D eigenvalue weighted by atomic mass is 9.89. The molecule has 0 unspecified atom stereocenters. The van der Waals surface area contributed by atoms with Gasteiger partial charge in [-0.25, -0.2) is 4.39 Å². The van der Waals surface area contributed by atoms with Crippen LogP contribution < -0.4 is 4.90 Å². The summed E-state index contributed by atoms with van der Waals surface area (Å²) in [7, 11) is 0. The Morgan fingerprint density at radius 2 is 1.53 bits per heavy atom. The van der Waals surface area contributed by atoms with Crippen molar-refractivity contribution >= 4 is 46.5 Å². The van der Waals surface area contributed by atoms with Gasteiger partial charge in [-0.1, -0.05) is 23.2 Å². The van der Waals surface area contributed by atoms with Gasteiger partial charge >= 0.3 is 0 Å². The molecular formula is C29H34Cl2FN3O3. The Kier molecular flexibility index (Phi) is 9.80. The fourth-order valence-corrected chi connectivity index (χ4v) is 5.69. The minimum Gasteiger partial charge on any atom is -0.343 e. The van der Waals surface area contributed by atoms with Gasteiger partial charge in [0.25, 0.3) is 0 Å². The lowest BCUT2D eigenvalue weighted by molar-refractivity contribution is -0.133. The molecule has 2 heterocycles. The van der Waals surface area contributed by atoms with Crippen LogP contribution in [0.1, 0.15) is 49.4 Å². The summed E-state index contributed by atoms with van der Waals surface area (Å²) in [5, 5.41) is 0.844. The molecule has 0 bridgehead atoms. The van der Waals surface area contributed by atoms with Gasteiger partial charge in [0.1, 0.15) is 5.82 Å². The maximum absolute atomic E-state index is 13.6. The maximum Gasteiger partial charge on any atom is 0.230 e. The number of halogens is 3. The van der Waals surface area contributed by atoms with Gasteiger partial charge in [0.2, 0.25) is 11.8 Å². The molecule has 2 aromatic carbocycles. The monoisotopic (exact) mass is 561 g/mol. The smallest absolute Gasteiger partial charge is 0.230 e. The quantitative estimate of drug-likeness (QED) is 0.387. The molecule has 2 fully saturated rings. The molecule has 2 aliphatic heterocycles. The number of ketones is 1. The highest BCUT2D eigenvalue weighted by molar-refractivity contribution is 6.42. The number of rotatable bonds is 8. The number of amides is 2. The summed E-state index contributed by atoms with van der Waals surface area (Å²) in [5.74, 6) is -0.362. The first kappa shape index (κ1) is 28.5. The van der Waals surface area contributed by atoms with Gasteiger partial charge in [-0.3, -0.25) is 14.4 Å². The summed E-state index contributed by atoms with van der Waals surface area (Å²) in [5.41, 5.74) is 1.29. The second kappa shape index (κ2) is 13.0. The van der Waals surface area contributed by atoms with E-state index < -0.39 is 0 Å². The van der Waals surface area contributed by atoms with Crippen LogP contribution in [0.2, 0.25) is 10.0 Å². The van der Waals surface area contributed by atoms with E-state index >= 15 is 0 Å². The van der Waals surface area contributed by atoms with E-state index in [-0.39, 0.29) is 35.3 Å². The van der Waals surface area contributed by atoms with E-state index in [0.29, 0.717) is 48.1 Å². The number of benzene rings is 2. The van der Waals surface area contributed by atoms with Gasteiger partial charge in [0.05, 0.1) is 10.0 Å². The molecular weight excluding hydrogens is 528 g/mol. The van der Waals surface area contributed by atoms with Gasteiger partial charge in [-0.2, -0.15) is 0 Å². The van der Waals surface area contributed by atoms with Crippen molar-refractivity contribution in [2.45, 2.75) is 39.0 Å². The molecule has 6 nitrogen and oxygen atoms in total. The molecule has 0 atom stereocenters. The molecule has 0 aromatic heterocycles. The molecule has 2 aliphatic rings. The Morgan fingerprint density at radius 1 is 0.895 bits per heavy atom. The van der Waals surface area contributed by atoms with E-state index in [9.17, 15) is 18.8 Å². The van der Waals surface area contributed by atoms with Gasteiger partial charge < -0.3 is 14.7 Å². The van der Waals surface area contributed by atoms with Crippen molar-refractivity contribution in [3.63, 3.8) is 0 Å². The van der Waals surface area contributed by atoms with E-state index in [1.54, 1.807) is 41.0 Å². The number of carbonyl (C=O) groups excluding carboxylic acids is 3. The first-order valence-corrected chi connectivity index (χ1v) is 14.0. The summed E-state index contributed by atoms with van der Waals surface area (Å²) >= 11 is 12.4. The Balaban J connectivity index is 1.33. The fraction of sp³-hybridized carbons (Fsp3) is 0.483. The SMILES string of the molecule is CC(=O)N1CCC(C(=O)N(CCCN2CCC(C(=O)c3ccc(F)cc3)CC2)c2ccc(Cl)c(Cl)c2)CC1. The van der Waals surface area contributed by atoms with E-state index in [2.05, 4.69) is 4.90 Å². The Labute approximate surface area is 233 Å². The molecule has 4 rings (SSSR count). The zero-order valence-corrected chi connectivity index (χ0v) is 23.2. The zero-order valence-electron chi connectivity index (χ0n) is 21.7. The van der Waals surface area contributed by atoms with E-state index in [1.165, 1.54) is 12.1 Å². The van der Waals surface area contributed by atoms with Crippen molar-refractivity contribution in [2.75, 3.05) is 44.2 Å². The number of anilines is 1. The van der Waals surface area contributed by atoms with Crippen LogP contribution in [0.3, 0.4) is 0 Å². The highest BCUT2D eigenvalue weighted by Crippen LogP contribution is 2.30. The first-order valence-electron chi connectivity index (χ1n) is 13.3. The highest BCUT2D eigenvalue weighted by Gasteiger charge is 2.31. The molecule has 204 valence electrons. The number of hydrogen-bond acceptors (Lipinski definition) is 4. The lowest BCUT2D eigenvalue weighted by Crippen LogP contribution is -2.45.